The molecule has 2 fully saturated rings. The fraction of sp³-hybridized carbons (Fsp3) is 0.480. The summed E-state index contributed by atoms with van der Waals surface area (Å²) in [6.07, 6.45) is 3.30. The lowest BCUT2D eigenvalue weighted by Crippen LogP contribution is -2.40. The summed E-state index contributed by atoms with van der Waals surface area (Å²) in [7, 11) is -3.68. The summed E-state index contributed by atoms with van der Waals surface area (Å²) in [5, 5.41) is 2.91. The van der Waals surface area contributed by atoms with Gasteiger partial charge in [-0.15, -0.1) is 0 Å². The molecule has 0 saturated carbocycles. The number of nitrogens with one attached hydrogen (secondary N) is 1. The van der Waals surface area contributed by atoms with Gasteiger partial charge in [-0.05, 0) is 68.5 Å². The summed E-state index contributed by atoms with van der Waals surface area (Å²) in [6.45, 7) is 6.88. The zero-order valence-electron chi connectivity index (χ0n) is 19.9. The Morgan fingerprint density at radius 3 is 2.47 bits per heavy atom. The van der Waals surface area contributed by atoms with Crippen LogP contribution in [0, 0.1) is 13.8 Å². The molecule has 0 spiro atoms. The molecule has 0 aliphatic carbocycles. The molecule has 184 valence electrons. The summed E-state index contributed by atoms with van der Waals surface area (Å²) in [6, 6.07) is 10.9. The van der Waals surface area contributed by atoms with E-state index in [0.29, 0.717) is 37.7 Å². The summed E-state index contributed by atoms with van der Waals surface area (Å²) >= 11 is 0. The monoisotopic (exact) mass is 487 g/mol. The quantitative estimate of drug-likeness (QED) is 0.645. The maximum atomic E-state index is 13.2. The summed E-state index contributed by atoms with van der Waals surface area (Å²) in [5.74, 6) is 0.329. The Balaban J connectivity index is 1.56. The molecule has 1 N–H and O–H groups in total. The van der Waals surface area contributed by atoms with E-state index >= 15 is 0 Å². The van der Waals surface area contributed by atoms with Gasteiger partial charge < -0.3 is 19.7 Å². The van der Waals surface area contributed by atoms with Crippen LogP contribution in [0.4, 0.5) is 11.4 Å². The molecule has 2 saturated heterocycles. The summed E-state index contributed by atoms with van der Waals surface area (Å²) < 4.78 is 38.9. The molecule has 34 heavy (non-hydrogen) atoms. The van der Waals surface area contributed by atoms with Crippen molar-refractivity contribution in [2.45, 2.75) is 38.0 Å². The van der Waals surface area contributed by atoms with E-state index in [2.05, 4.69) is 10.2 Å². The Morgan fingerprint density at radius 1 is 1.00 bits per heavy atom. The third kappa shape index (κ3) is 5.71. The Morgan fingerprint density at radius 2 is 1.74 bits per heavy atom. The number of benzene rings is 2. The zero-order valence-corrected chi connectivity index (χ0v) is 20.7. The second kappa shape index (κ2) is 10.8. The first-order valence-electron chi connectivity index (χ1n) is 11.8. The van der Waals surface area contributed by atoms with Gasteiger partial charge >= 0.3 is 0 Å². The number of ether oxygens (including phenoxy) is 2. The number of piperidine rings is 1. The van der Waals surface area contributed by atoms with Crippen LogP contribution >= 0.6 is 0 Å². The van der Waals surface area contributed by atoms with Crippen LogP contribution < -0.4 is 15.0 Å². The van der Waals surface area contributed by atoms with Crippen molar-refractivity contribution in [3.05, 3.63) is 47.5 Å². The smallest absolute Gasteiger partial charge is 0.262 e. The zero-order chi connectivity index (χ0) is 24.1. The van der Waals surface area contributed by atoms with Gasteiger partial charge in [-0.2, -0.15) is 4.31 Å². The summed E-state index contributed by atoms with van der Waals surface area (Å²) in [5.41, 5.74) is 3.33. The lowest BCUT2D eigenvalue weighted by atomic mass is 10.1. The third-order valence-corrected chi connectivity index (χ3v) is 8.14. The van der Waals surface area contributed by atoms with Crippen LogP contribution in [0.3, 0.4) is 0 Å². The molecule has 2 heterocycles. The standard InChI is InChI=1S/C25H33N3O5S/c1-19-6-7-20(2)24(16-19)33-18-25(29)26-22-17-21(34(30,31)28-12-14-32-15-13-28)8-9-23(22)27-10-4-3-5-11-27/h6-9,16-17H,3-5,10-15,18H2,1-2H3,(H,26,29). The molecule has 2 aromatic rings. The van der Waals surface area contributed by atoms with Crippen molar-refractivity contribution in [2.75, 3.05) is 56.2 Å². The number of carbonyl (C=O) groups excluding carboxylic acids is 1. The number of hydrogen-bond acceptors (Lipinski definition) is 6. The molecule has 2 aliphatic heterocycles. The number of carbonyl (C=O) groups is 1. The van der Waals surface area contributed by atoms with Crippen LogP contribution in [0.1, 0.15) is 30.4 Å². The highest BCUT2D eigenvalue weighted by atomic mass is 32.2. The van der Waals surface area contributed by atoms with Gasteiger partial charge in [0.1, 0.15) is 5.75 Å². The van der Waals surface area contributed by atoms with Crippen molar-refractivity contribution in [1.29, 1.82) is 0 Å². The Kier molecular flexibility index (Phi) is 7.75. The van der Waals surface area contributed by atoms with Gasteiger partial charge in [0.15, 0.2) is 6.61 Å². The van der Waals surface area contributed by atoms with Crippen molar-refractivity contribution in [3.63, 3.8) is 0 Å². The normalized spacial score (nSPS) is 17.4. The minimum Gasteiger partial charge on any atom is -0.483 e. The minimum atomic E-state index is -3.68. The molecular formula is C25H33N3O5S. The van der Waals surface area contributed by atoms with Crippen LogP contribution in [0.5, 0.6) is 5.75 Å². The second-order valence-corrected chi connectivity index (χ2v) is 10.8. The average molecular weight is 488 g/mol. The highest BCUT2D eigenvalue weighted by molar-refractivity contribution is 7.89. The van der Waals surface area contributed by atoms with Crippen molar-refractivity contribution in [2.24, 2.45) is 0 Å². The summed E-state index contributed by atoms with van der Waals surface area (Å²) in [4.78, 5) is 15.2. The average Bonchev–Trinajstić information content (AvgIpc) is 2.85. The van der Waals surface area contributed by atoms with Crippen molar-refractivity contribution in [3.8, 4) is 5.75 Å². The number of nitrogens with zero attached hydrogens (tertiary/aromatic N) is 2. The van der Waals surface area contributed by atoms with Gasteiger partial charge in [-0.1, -0.05) is 12.1 Å². The van der Waals surface area contributed by atoms with Gasteiger partial charge in [0.05, 0.1) is 29.5 Å². The van der Waals surface area contributed by atoms with Gasteiger partial charge in [0.25, 0.3) is 5.91 Å². The lowest BCUT2D eigenvalue weighted by Gasteiger charge is -2.31. The second-order valence-electron chi connectivity index (χ2n) is 8.85. The first-order chi connectivity index (χ1) is 16.3. The van der Waals surface area contributed by atoms with E-state index < -0.39 is 10.0 Å². The number of anilines is 2. The molecule has 0 bridgehead atoms. The molecule has 2 aromatic carbocycles. The molecule has 9 heteroatoms. The van der Waals surface area contributed by atoms with Gasteiger partial charge in [0, 0.05) is 26.2 Å². The topological polar surface area (TPSA) is 88.2 Å². The van der Waals surface area contributed by atoms with Crippen LogP contribution in [-0.4, -0.2) is 64.6 Å². The predicted molar refractivity (Wildman–Crippen MR) is 132 cm³/mol. The van der Waals surface area contributed by atoms with Gasteiger partial charge in [-0.3, -0.25) is 4.79 Å². The number of rotatable bonds is 7. The molecule has 0 aromatic heterocycles. The molecule has 2 aliphatic rings. The molecule has 0 radical (unpaired) electrons. The largest absolute Gasteiger partial charge is 0.483 e. The van der Waals surface area contributed by atoms with Crippen LogP contribution in [0.15, 0.2) is 41.3 Å². The van der Waals surface area contributed by atoms with Crippen molar-refractivity contribution in [1.82, 2.24) is 4.31 Å². The fourth-order valence-electron chi connectivity index (χ4n) is 4.31. The maximum absolute atomic E-state index is 13.2. The SMILES string of the molecule is Cc1ccc(C)c(OCC(=O)Nc2cc(S(=O)(=O)N3CCOCC3)ccc2N2CCCCC2)c1. The fourth-order valence-corrected chi connectivity index (χ4v) is 5.75. The van der Waals surface area contributed by atoms with E-state index in [4.69, 9.17) is 9.47 Å². The first kappa shape index (κ1) is 24.5. The lowest BCUT2D eigenvalue weighted by molar-refractivity contribution is -0.118. The van der Waals surface area contributed by atoms with E-state index in [-0.39, 0.29) is 17.4 Å². The number of hydrogen-bond donors (Lipinski definition) is 1. The molecular weight excluding hydrogens is 454 g/mol. The Bertz CT molecular complexity index is 1120. The number of morpholine rings is 1. The van der Waals surface area contributed by atoms with Crippen molar-refractivity contribution < 1.29 is 22.7 Å². The van der Waals surface area contributed by atoms with E-state index in [1.807, 2.05) is 32.0 Å². The molecule has 8 nitrogen and oxygen atoms in total. The predicted octanol–water partition coefficient (Wildman–Crippen LogP) is 3.33. The Labute approximate surface area is 201 Å². The van der Waals surface area contributed by atoms with Gasteiger partial charge in [-0.25, -0.2) is 8.42 Å². The number of sulfonamides is 1. The van der Waals surface area contributed by atoms with Crippen LogP contribution in [0.2, 0.25) is 0 Å². The van der Waals surface area contributed by atoms with Crippen molar-refractivity contribution >= 4 is 27.3 Å². The minimum absolute atomic E-state index is 0.163. The maximum Gasteiger partial charge on any atom is 0.262 e. The third-order valence-electron chi connectivity index (χ3n) is 6.25. The first-order valence-corrected chi connectivity index (χ1v) is 13.3. The van der Waals surface area contributed by atoms with E-state index in [1.165, 1.54) is 10.7 Å². The molecule has 0 atom stereocenters. The molecule has 4 rings (SSSR count). The number of aryl methyl sites for hydroxylation is 2. The van der Waals surface area contributed by atoms with Crippen LogP contribution in [0.25, 0.3) is 0 Å². The number of amides is 1. The molecule has 0 unspecified atom stereocenters. The van der Waals surface area contributed by atoms with Gasteiger partial charge in [0.2, 0.25) is 10.0 Å². The van der Waals surface area contributed by atoms with E-state index in [9.17, 15) is 13.2 Å². The van der Waals surface area contributed by atoms with E-state index in [1.54, 1.807) is 18.2 Å². The Hall–Kier alpha value is -2.62. The highest BCUT2D eigenvalue weighted by Gasteiger charge is 2.28. The van der Waals surface area contributed by atoms with E-state index in [0.717, 1.165) is 42.7 Å². The molecule has 1 amide bonds. The van der Waals surface area contributed by atoms with Crippen LogP contribution in [-0.2, 0) is 19.6 Å². The highest BCUT2D eigenvalue weighted by Crippen LogP contribution is 2.32.